The SMILES string of the molecule is COc1c(C)c2c(c(O[Si](C)(C)C(C)(C)C)c1C/C=C(\C)C(CC(=O)O)CC(=O)O)C(=O)OC2.COc1c(C)c2c(c(O[Si](C)(C)C(C)(C)C)c1C/C=C(\C)C1CCOC(=O)C1)C(=O)OC2. The number of carboxylic acids is 2. The zero-order valence-corrected chi connectivity index (χ0v) is 44.0. The Balaban J connectivity index is 0.000000289. The predicted molar refractivity (Wildman–Crippen MR) is 256 cm³/mol. The second-order valence-corrected chi connectivity index (χ2v) is 30.1. The van der Waals surface area contributed by atoms with Crippen LogP contribution in [0.15, 0.2) is 23.3 Å². The van der Waals surface area contributed by atoms with Crippen LogP contribution in [0.4, 0.5) is 0 Å². The van der Waals surface area contributed by atoms with E-state index in [4.69, 9.17) is 32.5 Å². The smallest absolute Gasteiger partial charge is 0.342 e. The summed E-state index contributed by atoms with van der Waals surface area (Å²) in [7, 11) is -1.40. The van der Waals surface area contributed by atoms with Gasteiger partial charge in [-0.15, -0.1) is 0 Å². The van der Waals surface area contributed by atoms with Gasteiger partial charge >= 0.3 is 29.8 Å². The largest absolute Gasteiger partial charge is 0.543 e. The van der Waals surface area contributed by atoms with E-state index < -0.39 is 40.5 Å². The maximum atomic E-state index is 12.8. The van der Waals surface area contributed by atoms with Gasteiger partial charge < -0.3 is 42.7 Å². The third kappa shape index (κ3) is 11.9. The molecule has 1 fully saturated rings. The van der Waals surface area contributed by atoms with Crippen LogP contribution in [0.5, 0.6) is 23.0 Å². The lowest BCUT2D eigenvalue weighted by Crippen LogP contribution is -2.44. The number of hydrogen-bond donors (Lipinski definition) is 2. The molecule has 1 saturated heterocycles. The predicted octanol–water partition coefficient (Wildman–Crippen LogP) is 10.6. The summed E-state index contributed by atoms with van der Waals surface area (Å²) in [5, 5.41) is 18.3. The average Bonchev–Trinajstić information content (AvgIpc) is 3.79. The Morgan fingerprint density at radius 2 is 1.11 bits per heavy atom. The van der Waals surface area contributed by atoms with Crippen LogP contribution in [0.25, 0.3) is 0 Å². The number of carbonyl (C=O) groups is 5. The molecule has 0 spiro atoms. The lowest BCUT2D eigenvalue weighted by molar-refractivity contribution is -0.148. The number of methoxy groups -OCH3 is 2. The molecule has 2 N–H and O–H groups in total. The summed E-state index contributed by atoms with van der Waals surface area (Å²) in [6.07, 6.45) is 5.44. The minimum Gasteiger partial charge on any atom is -0.543 e. The first-order valence-corrected chi connectivity index (χ1v) is 28.4. The number of aliphatic carboxylic acids is 2. The van der Waals surface area contributed by atoms with Gasteiger partial charge in [-0.2, -0.15) is 0 Å². The third-order valence-corrected chi connectivity index (χ3v) is 22.8. The lowest BCUT2D eigenvalue weighted by Gasteiger charge is -2.37. The van der Waals surface area contributed by atoms with Gasteiger partial charge in [0, 0.05) is 28.2 Å². The summed E-state index contributed by atoms with van der Waals surface area (Å²) in [6.45, 7) is 29.8. The molecular formula is C50H72O14Si2. The van der Waals surface area contributed by atoms with Crippen LogP contribution in [0.2, 0.25) is 36.3 Å². The topological polar surface area (TPSA) is 190 Å². The number of benzene rings is 2. The maximum absolute atomic E-state index is 12.8. The van der Waals surface area contributed by atoms with Gasteiger partial charge in [0.2, 0.25) is 0 Å². The molecule has 3 heterocycles. The van der Waals surface area contributed by atoms with Crippen molar-refractivity contribution < 1.29 is 66.7 Å². The fraction of sp³-hybridized carbons (Fsp3) is 0.580. The van der Waals surface area contributed by atoms with Crippen molar-refractivity contribution in [3.05, 3.63) is 67.8 Å². The number of carbonyl (C=O) groups excluding carboxylic acids is 3. The number of carboxylic acid groups (broad SMARTS) is 2. The standard InChI is InChI=1S/C25H36O8Si.C25H36O6Si/c1-14(16(11-19(26)27)12-20(28)29)9-10-17-22(31-6)15(2)18-13-32-24(30)21(18)23(17)33-34(7,8)25(3,4)5;1-15(17-11-12-29-20(26)13-17)9-10-18-22(28-6)16(2)19-14-30-24(27)21(19)23(18)31-32(7,8)25(3,4)5/h9,16H,10-13H2,1-8H3,(H,26,27)(H,28,29);9,17H,10-14H2,1-8H3/b14-9+;15-9+. The van der Waals surface area contributed by atoms with Crippen molar-refractivity contribution in [3.8, 4) is 23.0 Å². The first-order chi connectivity index (χ1) is 30.5. The van der Waals surface area contributed by atoms with Crippen molar-refractivity contribution in [2.45, 2.75) is 157 Å². The van der Waals surface area contributed by atoms with Crippen LogP contribution in [-0.4, -0.2) is 77.5 Å². The van der Waals surface area contributed by atoms with E-state index in [1.165, 1.54) is 0 Å². The van der Waals surface area contributed by atoms with Gasteiger partial charge in [0.15, 0.2) is 0 Å². The highest BCUT2D eigenvalue weighted by molar-refractivity contribution is 6.75. The molecular weight excluding hydrogens is 881 g/mol. The van der Waals surface area contributed by atoms with Crippen LogP contribution in [0.1, 0.15) is 135 Å². The highest BCUT2D eigenvalue weighted by Gasteiger charge is 2.44. The molecule has 66 heavy (non-hydrogen) atoms. The fourth-order valence-corrected chi connectivity index (χ4v) is 9.89. The Morgan fingerprint density at radius 1 is 0.697 bits per heavy atom. The maximum Gasteiger partial charge on any atom is 0.342 e. The van der Waals surface area contributed by atoms with Gasteiger partial charge in [-0.1, -0.05) is 64.8 Å². The van der Waals surface area contributed by atoms with Crippen molar-refractivity contribution in [3.63, 3.8) is 0 Å². The van der Waals surface area contributed by atoms with E-state index >= 15 is 0 Å². The van der Waals surface area contributed by atoms with Crippen molar-refractivity contribution in [2.24, 2.45) is 11.8 Å². The third-order valence-electron chi connectivity index (χ3n) is 14.1. The van der Waals surface area contributed by atoms with Crippen molar-refractivity contribution in [2.75, 3.05) is 20.8 Å². The molecule has 3 aliphatic heterocycles. The highest BCUT2D eigenvalue weighted by atomic mass is 28.4. The Hall–Kier alpha value is -5.10. The summed E-state index contributed by atoms with van der Waals surface area (Å²) in [5.41, 5.74) is 7.57. The summed E-state index contributed by atoms with van der Waals surface area (Å²) < 4.78 is 40.9. The normalized spacial score (nSPS) is 16.7. The van der Waals surface area contributed by atoms with Crippen LogP contribution in [0.3, 0.4) is 0 Å². The molecule has 16 heteroatoms. The Morgan fingerprint density at radius 3 is 1.47 bits per heavy atom. The number of rotatable bonds is 16. The molecule has 2 aromatic carbocycles. The average molecular weight is 953 g/mol. The first kappa shape index (κ1) is 53.5. The van der Waals surface area contributed by atoms with E-state index in [-0.39, 0.29) is 60.4 Å². The van der Waals surface area contributed by atoms with E-state index in [0.717, 1.165) is 45.6 Å². The van der Waals surface area contributed by atoms with Crippen molar-refractivity contribution in [1.29, 1.82) is 0 Å². The molecule has 0 aliphatic carbocycles. The highest BCUT2D eigenvalue weighted by Crippen LogP contribution is 2.48. The Bertz CT molecular complexity index is 2270. The molecule has 0 saturated carbocycles. The summed E-state index contributed by atoms with van der Waals surface area (Å²) in [4.78, 5) is 59.8. The molecule has 0 radical (unpaired) electrons. The minimum absolute atomic E-state index is 0.0357. The number of esters is 3. The minimum atomic E-state index is -2.36. The molecule has 14 nitrogen and oxygen atoms in total. The van der Waals surface area contributed by atoms with Crippen molar-refractivity contribution in [1.82, 2.24) is 0 Å². The second kappa shape index (κ2) is 20.8. The van der Waals surface area contributed by atoms with E-state index in [0.29, 0.717) is 59.0 Å². The molecule has 0 bridgehead atoms. The number of ether oxygens (including phenoxy) is 5. The van der Waals surface area contributed by atoms with Gasteiger partial charge in [-0.3, -0.25) is 14.4 Å². The summed E-state index contributed by atoms with van der Waals surface area (Å²) >= 11 is 0. The molecule has 0 amide bonds. The number of allylic oxidation sites excluding steroid dienone is 4. The van der Waals surface area contributed by atoms with Crippen LogP contribution in [0, 0.1) is 25.7 Å². The molecule has 2 aromatic rings. The molecule has 3 aliphatic rings. The van der Waals surface area contributed by atoms with E-state index in [2.05, 4.69) is 80.7 Å². The summed E-state index contributed by atoms with van der Waals surface area (Å²) in [5.74, 6) is -1.15. The van der Waals surface area contributed by atoms with E-state index in [1.54, 1.807) is 27.2 Å². The van der Waals surface area contributed by atoms with Crippen LogP contribution >= 0.6 is 0 Å². The zero-order valence-electron chi connectivity index (χ0n) is 42.0. The van der Waals surface area contributed by atoms with E-state index in [1.807, 2.05) is 13.8 Å². The molecule has 5 rings (SSSR count). The molecule has 1 atom stereocenters. The van der Waals surface area contributed by atoms with Gasteiger partial charge in [-0.25, -0.2) is 9.59 Å². The second-order valence-electron chi connectivity index (χ2n) is 20.6. The number of fused-ring (bicyclic) bond motifs is 2. The van der Waals surface area contributed by atoms with Gasteiger partial charge in [0.25, 0.3) is 16.6 Å². The van der Waals surface area contributed by atoms with Crippen LogP contribution in [-0.2, 0) is 54.6 Å². The van der Waals surface area contributed by atoms with E-state index in [9.17, 15) is 34.2 Å². The fourth-order valence-electron chi connectivity index (χ4n) is 7.80. The van der Waals surface area contributed by atoms with Gasteiger partial charge in [-0.05, 0) is 100 Å². The van der Waals surface area contributed by atoms with Crippen molar-refractivity contribution >= 4 is 46.5 Å². The molecule has 364 valence electrons. The van der Waals surface area contributed by atoms with Crippen LogP contribution < -0.4 is 18.3 Å². The van der Waals surface area contributed by atoms with Gasteiger partial charge in [0.1, 0.15) is 47.3 Å². The zero-order chi connectivity index (χ0) is 49.9. The van der Waals surface area contributed by atoms with Gasteiger partial charge in [0.05, 0.1) is 40.1 Å². The lowest BCUT2D eigenvalue weighted by atomic mass is 9.90. The first-order valence-electron chi connectivity index (χ1n) is 22.6. The molecule has 1 unspecified atom stereocenters. The number of cyclic esters (lactones) is 3. The number of hydrogen-bond acceptors (Lipinski definition) is 12. The molecule has 0 aromatic heterocycles. The monoisotopic (exact) mass is 952 g/mol. The summed E-state index contributed by atoms with van der Waals surface area (Å²) in [6, 6.07) is 0. The Labute approximate surface area is 392 Å². The quantitative estimate of drug-likeness (QED) is 0.0699. The Kier molecular flexibility index (Phi) is 16.9.